The van der Waals surface area contributed by atoms with Gasteiger partial charge in [-0.2, -0.15) is 0 Å². The Hall–Kier alpha value is -3.15. The molecular formula is C54H92O6. The molecule has 0 amide bonds. The van der Waals surface area contributed by atoms with Gasteiger partial charge in [-0.25, -0.2) is 0 Å². The second-order valence-electron chi connectivity index (χ2n) is 16.3. The van der Waals surface area contributed by atoms with Crippen LogP contribution in [0.25, 0.3) is 0 Å². The Morgan fingerprint density at radius 3 is 1.03 bits per heavy atom. The van der Waals surface area contributed by atoms with E-state index in [1.54, 1.807) is 0 Å². The average Bonchev–Trinajstić information content (AvgIpc) is 3.24. The number of carbonyl (C=O) groups excluding carboxylic acids is 3. The van der Waals surface area contributed by atoms with Crippen LogP contribution in [0.5, 0.6) is 0 Å². The van der Waals surface area contributed by atoms with E-state index in [-0.39, 0.29) is 31.1 Å². The Morgan fingerprint density at radius 1 is 0.350 bits per heavy atom. The van der Waals surface area contributed by atoms with Crippen LogP contribution in [0.1, 0.15) is 233 Å². The summed E-state index contributed by atoms with van der Waals surface area (Å²) in [6.45, 7) is 6.44. The van der Waals surface area contributed by atoms with Crippen molar-refractivity contribution in [2.24, 2.45) is 0 Å². The normalized spacial score (nSPS) is 12.7. The molecule has 0 fully saturated rings. The minimum Gasteiger partial charge on any atom is -0.462 e. The first-order chi connectivity index (χ1) is 29.5. The van der Waals surface area contributed by atoms with Crippen LogP contribution in [-0.2, 0) is 28.6 Å². The Kier molecular flexibility index (Phi) is 46.0. The van der Waals surface area contributed by atoms with Crippen LogP contribution in [0.3, 0.4) is 0 Å². The average molecular weight is 837 g/mol. The van der Waals surface area contributed by atoms with Gasteiger partial charge in [-0.15, -0.1) is 0 Å². The Morgan fingerprint density at radius 2 is 0.650 bits per heavy atom. The molecule has 0 N–H and O–H groups in total. The summed E-state index contributed by atoms with van der Waals surface area (Å²) in [7, 11) is 0. The van der Waals surface area contributed by atoms with Crippen LogP contribution in [0.15, 0.2) is 72.9 Å². The van der Waals surface area contributed by atoms with Crippen molar-refractivity contribution in [3.8, 4) is 0 Å². The molecule has 1 atom stereocenters. The summed E-state index contributed by atoms with van der Waals surface area (Å²) in [5, 5.41) is 0. The minimum absolute atomic E-state index is 0.0858. The SMILES string of the molecule is CC/C=C\C/C=C\C/C=C\C/C=C\CCCCCCCCC(=O)OCC(COC(=O)CCCCCCCCC)OC(=O)CCCCCCC/C=C\C/C=C\CCCCCC. The number of unbranched alkanes of at least 4 members (excludes halogenated alkanes) is 21. The number of rotatable bonds is 44. The third-order valence-corrected chi connectivity index (χ3v) is 10.4. The highest BCUT2D eigenvalue weighted by atomic mass is 16.6. The maximum Gasteiger partial charge on any atom is 0.306 e. The predicted octanol–water partition coefficient (Wildman–Crippen LogP) is 16.3. The lowest BCUT2D eigenvalue weighted by Gasteiger charge is -2.18. The number of carbonyl (C=O) groups is 3. The standard InChI is InChI=1S/C54H92O6/c1-4-7-10-13-16-18-20-22-24-26-27-28-30-31-33-35-38-41-44-47-53(56)59-50-51(49-58-52(55)46-43-40-37-15-12-9-6-3)60-54(57)48-45-42-39-36-34-32-29-25-23-21-19-17-14-11-8-5-2/h7,10,16,18-19,21-22,24-25,27-29,51H,4-6,8-9,11-15,17,20,23,26,30-50H2,1-3H3/b10-7-,18-16-,21-19-,24-22-,28-27-,29-25-. The van der Waals surface area contributed by atoms with E-state index >= 15 is 0 Å². The molecule has 1 unspecified atom stereocenters. The van der Waals surface area contributed by atoms with Crippen molar-refractivity contribution in [1.29, 1.82) is 0 Å². The molecule has 0 aliphatic carbocycles. The van der Waals surface area contributed by atoms with Gasteiger partial charge < -0.3 is 14.2 Å². The van der Waals surface area contributed by atoms with Crippen molar-refractivity contribution in [3.63, 3.8) is 0 Å². The van der Waals surface area contributed by atoms with Gasteiger partial charge in [0.05, 0.1) is 0 Å². The van der Waals surface area contributed by atoms with Crippen LogP contribution >= 0.6 is 0 Å². The van der Waals surface area contributed by atoms with Crippen LogP contribution in [-0.4, -0.2) is 37.2 Å². The molecule has 0 aliphatic heterocycles. The molecule has 6 heteroatoms. The van der Waals surface area contributed by atoms with Crippen molar-refractivity contribution >= 4 is 17.9 Å². The van der Waals surface area contributed by atoms with Crippen molar-refractivity contribution in [3.05, 3.63) is 72.9 Å². The van der Waals surface area contributed by atoms with E-state index in [9.17, 15) is 14.4 Å². The minimum atomic E-state index is -0.785. The highest BCUT2D eigenvalue weighted by Gasteiger charge is 2.19. The third-order valence-electron chi connectivity index (χ3n) is 10.4. The molecule has 0 rings (SSSR count). The summed E-state index contributed by atoms with van der Waals surface area (Å²) in [6, 6.07) is 0. The summed E-state index contributed by atoms with van der Waals surface area (Å²) in [5.41, 5.74) is 0. The highest BCUT2D eigenvalue weighted by molar-refractivity contribution is 5.71. The van der Waals surface area contributed by atoms with E-state index in [2.05, 4.69) is 93.7 Å². The first kappa shape index (κ1) is 56.9. The van der Waals surface area contributed by atoms with Crippen LogP contribution in [0.2, 0.25) is 0 Å². The molecule has 60 heavy (non-hydrogen) atoms. The lowest BCUT2D eigenvalue weighted by molar-refractivity contribution is -0.167. The van der Waals surface area contributed by atoms with Gasteiger partial charge >= 0.3 is 17.9 Å². The highest BCUT2D eigenvalue weighted by Crippen LogP contribution is 2.13. The van der Waals surface area contributed by atoms with Crippen molar-refractivity contribution in [1.82, 2.24) is 0 Å². The monoisotopic (exact) mass is 837 g/mol. The van der Waals surface area contributed by atoms with Gasteiger partial charge in [-0.3, -0.25) is 14.4 Å². The largest absolute Gasteiger partial charge is 0.462 e. The molecule has 0 heterocycles. The number of hydrogen-bond donors (Lipinski definition) is 0. The molecule has 344 valence electrons. The van der Waals surface area contributed by atoms with E-state index in [1.807, 2.05) is 0 Å². The van der Waals surface area contributed by atoms with Gasteiger partial charge in [0, 0.05) is 19.3 Å². The lowest BCUT2D eigenvalue weighted by Crippen LogP contribution is -2.30. The smallest absolute Gasteiger partial charge is 0.306 e. The van der Waals surface area contributed by atoms with E-state index in [0.29, 0.717) is 19.3 Å². The van der Waals surface area contributed by atoms with Gasteiger partial charge in [0.25, 0.3) is 0 Å². The first-order valence-corrected chi connectivity index (χ1v) is 24.9. The van der Waals surface area contributed by atoms with Crippen LogP contribution < -0.4 is 0 Å². The summed E-state index contributed by atoms with van der Waals surface area (Å²) in [6.07, 6.45) is 60.4. The molecular weight excluding hydrogens is 745 g/mol. The van der Waals surface area contributed by atoms with E-state index < -0.39 is 6.10 Å². The zero-order valence-corrected chi connectivity index (χ0v) is 39.2. The fourth-order valence-electron chi connectivity index (χ4n) is 6.70. The molecule has 0 saturated heterocycles. The summed E-state index contributed by atoms with van der Waals surface area (Å²) in [4.78, 5) is 37.8. The topological polar surface area (TPSA) is 78.9 Å². The molecule has 0 aromatic carbocycles. The molecule has 0 spiro atoms. The molecule has 0 aromatic heterocycles. The second-order valence-corrected chi connectivity index (χ2v) is 16.3. The number of allylic oxidation sites excluding steroid dienone is 12. The lowest BCUT2D eigenvalue weighted by atomic mass is 10.1. The zero-order chi connectivity index (χ0) is 43.7. The second kappa shape index (κ2) is 48.5. The summed E-state index contributed by atoms with van der Waals surface area (Å²) < 4.78 is 16.7. The van der Waals surface area contributed by atoms with Gasteiger partial charge in [0.1, 0.15) is 13.2 Å². The van der Waals surface area contributed by atoms with Crippen molar-refractivity contribution in [2.45, 2.75) is 239 Å². The summed E-state index contributed by atoms with van der Waals surface area (Å²) in [5.74, 6) is -0.921. The van der Waals surface area contributed by atoms with E-state index in [4.69, 9.17) is 14.2 Å². The van der Waals surface area contributed by atoms with Gasteiger partial charge in [-0.05, 0) is 89.9 Å². The van der Waals surface area contributed by atoms with Crippen LogP contribution in [0, 0.1) is 0 Å². The Labute approximate surface area is 370 Å². The predicted molar refractivity (Wildman–Crippen MR) is 256 cm³/mol. The van der Waals surface area contributed by atoms with Gasteiger partial charge in [0.2, 0.25) is 0 Å². The van der Waals surface area contributed by atoms with Gasteiger partial charge in [0.15, 0.2) is 6.10 Å². The molecule has 0 aliphatic rings. The fourth-order valence-corrected chi connectivity index (χ4v) is 6.70. The van der Waals surface area contributed by atoms with Crippen molar-refractivity contribution in [2.75, 3.05) is 13.2 Å². The molecule has 0 bridgehead atoms. The number of esters is 3. The van der Waals surface area contributed by atoms with Crippen LogP contribution in [0.4, 0.5) is 0 Å². The molecule has 0 saturated carbocycles. The van der Waals surface area contributed by atoms with E-state index in [1.165, 1.54) is 77.0 Å². The maximum absolute atomic E-state index is 12.7. The zero-order valence-electron chi connectivity index (χ0n) is 39.2. The van der Waals surface area contributed by atoms with E-state index in [0.717, 1.165) is 116 Å². The Bertz CT molecular complexity index is 1140. The van der Waals surface area contributed by atoms with Crippen molar-refractivity contribution < 1.29 is 28.6 Å². The molecule has 6 nitrogen and oxygen atoms in total. The maximum atomic E-state index is 12.7. The first-order valence-electron chi connectivity index (χ1n) is 24.9. The quantitative estimate of drug-likeness (QED) is 0.0263. The summed E-state index contributed by atoms with van der Waals surface area (Å²) >= 11 is 0. The molecule has 0 aromatic rings. The fraction of sp³-hybridized carbons (Fsp3) is 0.722. The van der Waals surface area contributed by atoms with Gasteiger partial charge in [-0.1, -0.05) is 196 Å². The number of hydrogen-bond acceptors (Lipinski definition) is 6. The molecule has 0 radical (unpaired) electrons. The Balaban J connectivity index is 4.32. The third kappa shape index (κ3) is 45.9. The number of ether oxygens (including phenoxy) is 3.